The third-order valence-corrected chi connectivity index (χ3v) is 3.16. The minimum Gasteiger partial charge on any atom is -0.496 e. The fourth-order valence-corrected chi connectivity index (χ4v) is 2.24. The standard InChI is InChI=1S/C16H17NO2/c1-10-7-11(2)15(14(8-10)19-4)16(18)13-5-6-17-9-12(13)3/h5-9H,1-4H3. The van der Waals surface area contributed by atoms with Crippen molar-refractivity contribution in [3.05, 3.63) is 58.4 Å². The molecule has 0 aliphatic rings. The summed E-state index contributed by atoms with van der Waals surface area (Å²) in [6, 6.07) is 5.62. The van der Waals surface area contributed by atoms with E-state index in [2.05, 4.69) is 4.98 Å². The van der Waals surface area contributed by atoms with Crippen LogP contribution in [0.1, 0.15) is 32.6 Å². The van der Waals surface area contributed by atoms with Crippen LogP contribution in [0.3, 0.4) is 0 Å². The Morgan fingerprint density at radius 3 is 2.53 bits per heavy atom. The number of benzene rings is 1. The Balaban J connectivity index is 2.59. The largest absolute Gasteiger partial charge is 0.496 e. The number of nitrogens with zero attached hydrogens (tertiary/aromatic N) is 1. The summed E-state index contributed by atoms with van der Waals surface area (Å²) in [7, 11) is 1.59. The first kappa shape index (κ1) is 13.3. The summed E-state index contributed by atoms with van der Waals surface area (Å²) < 4.78 is 5.35. The molecule has 0 radical (unpaired) electrons. The second-order valence-corrected chi connectivity index (χ2v) is 4.68. The average Bonchev–Trinajstić information content (AvgIpc) is 2.37. The Labute approximate surface area is 113 Å². The normalized spacial score (nSPS) is 10.3. The van der Waals surface area contributed by atoms with E-state index < -0.39 is 0 Å². The highest BCUT2D eigenvalue weighted by molar-refractivity contribution is 6.12. The molecule has 1 aromatic heterocycles. The van der Waals surface area contributed by atoms with E-state index in [0.29, 0.717) is 16.9 Å². The highest BCUT2D eigenvalue weighted by atomic mass is 16.5. The van der Waals surface area contributed by atoms with Gasteiger partial charge >= 0.3 is 0 Å². The summed E-state index contributed by atoms with van der Waals surface area (Å²) in [5, 5.41) is 0. The van der Waals surface area contributed by atoms with Crippen molar-refractivity contribution < 1.29 is 9.53 Å². The van der Waals surface area contributed by atoms with Gasteiger partial charge in [-0.25, -0.2) is 0 Å². The minimum absolute atomic E-state index is 0.0192. The van der Waals surface area contributed by atoms with Crippen LogP contribution in [0.25, 0.3) is 0 Å². The summed E-state index contributed by atoms with van der Waals surface area (Å²) in [4.78, 5) is 16.7. The molecule has 0 fully saturated rings. The van der Waals surface area contributed by atoms with Crippen LogP contribution in [0.2, 0.25) is 0 Å². The van der Waals surface area contributed by atoms with Crippen LogP contribution in [0, 0.1) is 20.8 Å². The number of ketones is 1. The molecule has 0 unspecified atom stereocenters. The van der Waals surface area contributed by atoms with Gasteiger partial charge in [0.1, 0.15) is 5.75 Å². The maximum atomic E-state index is 12.7. The van der Waals surface area contributed by atoms with E-state index in [9.17, 15) is 4.79 Å². The molecule has 19 heavy (non-hydrogen) atoms. The lowest BCUT2D eigenvalue weighted by molar-refractivity contribution is 0.103. The number of ether oxygens (including phenoxy) is 1. The number of pyridine rings is 1. The van der Waals surface area contributed by atoms with Gasteiger partial charge in [0, 0.05) is 18.0 Å². The van der Waals surface area contributed by atoms with Crippen molar-refractivity contribution in [3.63, 3.8) is 0 Å². The first-order chi connectivity index (χ1) is 9.04. The van der Waals surface area contributed by atoms with Gasteiger partial charge < -0.3 is 4.74 Å². The maximum absolute atomic E-state index is 12.7. The number of hydrogen-bond donors (Lipinski definition) is 0. The summed E-state index contributed by atoms with van der Waals surface area (Å²) >= 11 is 0. The lowest BCUT2D eigenvalue weighted by Gasteiger charge is -2.13. The number of carbonyl (C=O) groups is 1. The molecule has 0 bridgehead atoms. The summed E-state index contributed by atoms with van der Waals surface area (Å²) in [6.07, 6.45) is 3.33. The molecule has 98 valence electrons. The molecule has 0 saturated carbocycles. The zero-order valence-corrected chi connectivity index (χ0v) is 11.7. The van der Waals surface area contributed by atoms with Gasteiger partial charge in [0.25, 0.3) is 0 Å². The van der Waals surface area contributed by atoms with E-state index >= 15 is 0 Å². The third-order valence-electron chi connectivity index (χ3n) is 3.16. The van der Waals surface area contributed by atoms with Gasteiger partial charge in [-0.15, -0.1) is 0 Å². The van der Waals surface area contributed by atoms with Crippen molar-refractivity contribution in [3.8, 4) is 5.75 Å². The van der Waals surface area contributed by atoms with Crippen LogP contribution in [-0.2, 0) is 0 Å². The fourth-order valence-electron chi connectivity index (χ4n) is 2.24. The second kappa shape index (κ2) is 5.22. The van der Waals surface area contributed by atoms with Crippen LogP contribution in [0.5, 0.6) is 5.75 Å². The molecule has 0 aliphatic carbocycles. The number of aryl methyl sites for hydroxylation is 3. The van der Waals surface area contributed by atoms with Crippen molar-refractivity contribution in [1.82, 2.24) is 4.98 Å². The Morgan fingerprint density at radius 2 is 1.89 bits per heavy atom. The molecule has 0 saturated heterocycles. The summed E-state index contributed by atoms with van der Waals surface area (Å²) in [5.74, 6) is 0.605. The Kier molecular flexibility index (Phi) is 3.65. The van der Waals surface area contributed by atoms with E-state index in [1.807, 2.05) is 32.9 Å². The maximum Gasteiger partial charge on any atom is 0.197 e. The first-order valence-corrected chi connectivity index (χ1v) is 6.15. The van der Waals surface area contributed by atoms with Gasteiger partial charge in [-0.05, 0) is 49.6 Å². The molecule has 0 spiro atoms. The van der Waals surface area contributed by atoms with Gasteiger partial charge in [0.05, 0.1) is 12.7 Å². The average molecular weight is 255 g/mol. The lowest BCUT2D eigenvalue weighted by atomic mass is 9.95. The zero-order chi connectivity index (χ0) is 14.0. The minimum atomic E-state index is -0.0192. The van der Waals surface area contributed by atoms with E-state index in [1.165, 1.54) is 0 Å². The van der Waals surface area contributed by atoms with Crippen LogP contribution in [0.15, 0.2) is 30.6 Å². The Bertz CT molecular complexity index is 633. The molecule has 3 nitrogen and oxygen atoms in total. The zero-order valence-electron chi connectivity index (χ0n) is 11.7. The van der Waals surface area contributed by atoms with Crippen LogP contribution in [-0.4, -0.2) is 17.9 Å². The molecular weight excluding hydrogens is 238 g/mol. The van der Waals surface area contributed by atoms with Crippen molar-refractivity contribution in [1.29, 1.82) is 0 Å². The van der Waals surface area contributed by atoms with Gasteiger partial charge in [0.15, 0.2) is 5.78 Å². The second-order valence-electron chi connectivity index (χ2n) is 4.68. The molecule has 2 rings (SSSR count). The van der Waals surface area contributed by atoms with Crippen LogP contribution >= 0.6 is 0 Å². The third kappa shape index (κ3) is 2.50. The van der Waals surface area contributed by atoms with Gasteiger partial charge in [-0.1, -0.05) is 6.07 Å². The van der Waals surface area contributed by atoms with Gasteiger partial charge in [-0.3, -0.25) is 9.78 Å². The fraction of sp³-hybridized carbons (Fsp3) is 0.250. The van der Waals surface area contributed by atoms with Crippen molar-refractivity contribution in [2.75, 3.05) is 7.11 Å². The molecular formula is C16H17NO2. The quantitative estimate of drug-likeness (QED) is 0.790. The van der Waals surface area contributed by atoms with Crippen molar-refractivity contribution >= 4 is 5.78 Å². The number of rotatable bonds is 3. The van der Waals surface area contributed by atoms with Crippen molar-refractivity contribution in [2.24, 2.45) is 0 Å². The highest BCUT2D eigenvalue weighted by Gasteiger charge is 2.19. The van der Waals surface area contributed by atoms with E-state index in [1.54, 1.807) is 25.6 Å². The van der Waals surface area contributed by atoms with Crippen molar-refractivity contribution in [2.45, 2.75) is 20.8 Å². The van der Waals surface area contributed by atoms with Crippen LogP contribution < -0.4 is 4.74 Å². The molecule has 0 N–H and O–H groups in total. The molecule has 0 atom stereocenters. The molecule has 2 aromatic rings. The number of aromatic nitrogens is 1. The molecule has 1 aromatic carbocycles. The first-order valence-electron chi connectivity index (χ1n) is 6.15. The van der Waals surface area contributed by atoms with E-state index in [-0.39, 0.29) is 5.78 Å². The smallest absolute Gasteiger partial charge is 0.197 e. The van der Waals surface area contributed by atoms with Crippen LogP contribution in [0.4, 0.5) is 0 Å². The number of methoxy groups -OCH3 is 1. The predicted molar refractivity (Wildman–Crippen MR) is 74.9 cm³/mol. The van der Waals surface area contributed by atoms with E-state index in [0.717, 1.165) is 16.7 Å². The Morgan fingerprint density at radius 1 is 1.16 bits per heavy atom. The highest BCUT2D eigenvalue weighted by Crippen LogP contribution is 2.27. The predicted octanol–water partition coefficient (Wildman–Crippen LogP) is 3.25. The monoisotopic (exact) mass is 255 g/mol. The van der Waals surface area contributed by atoms with Gasteiger partial charge in [0.2, 0.25) is 0 Å². The summed E-state index contributed by atoms with van der Waals surface area (Å²) in [6.45, 7) is 5.80. The lowest BCUT2D eigenvalue weighted by Crippen LogP contribution is -2.08. The summed E-state index contributed by atoms with van der Waals surface area (Å²) in [5.41, 5.74) is 4.17. The Hall–Kier alpha value is -2.16. The molecule has 3 heteroatoms. The topological polar surface area (TPSA) is 39.2 Å². The SMILES string of the molecule is COc1cc(C)cc(C)c1C(=O)c1ccncc1C. The number of hydrogen-bond acceptors (Lipinski definition) is 3. The molecule has 0 aliphatic heterocycles. The molecule has 0 amide bonds. The molecule has 1 heterocycles. The number of carbonyl (C=O) groups excluding carboxylic acids is 1. The van der Waals surface area contributed by atoms with E-state index in [4.69, 9.17) is 4.74 Å². The van der Waals surface area contributed by atoms with Gasteiger partial charge in [-0.2, -0.15) is 0 Å².